The van der Waals surface area contributed by atoms with Crippen molar-refractivity contribution in [3.63, 3.8) is 0 Å². The van der Waals surface area contributed by atoms with Crippen LogP contribution >= 0.6 is 0 Å². The first-order valence-electron chi connectivity index (χ1n) is 9.67. The van der Waals surface area contributed by atoms with Crippen molar-refractivity contribution < 1.29 is 23.9 Å². The van der Waals surface area contributed by atoms with E-state index in [9.17, 15) is 14.7 Å². The molecule has 1 fully saturated rings. The summed E-state index contributed by atoms with van der Waals surface area (Å²) in [5.41, 5.74) is 5.65. The highest BCUT2D eigenvalue weighted by Crippen LogP contribution is 2.48. The number of hydrogen-bond acceptors (Lipinski definition) is 4. The number of aliphatic carboxylic acids is 1. The standard InChI is InChI=1S/C21H32N2O4/c1-5-27-19(26)23(20(2,3)4)13-11-21(12-14-23,18(24)25)17(15-22)16-9-7-6-8-10-16/h6-10,17H,5,11-15,22H2,1-4H3/p+1. The summed E-state index contributed by atoms with van der Waals surface area (Å²) in [6.07, 6.45) is 0.498. The number of nitrogens with two attached hydrogens (primary N) is 1. The topological polar surface area (TPSA) is 89.6 Å². The van der Waals surface area contributed by atoms with Crippen LogP contribution in [0.25, 0.3) is 0 Å². The first kappa shape index (κ1) is 21.4. The van der Waals surface area contributed by atoms with Crippen LogP contribution in [0.2, 0.25) is 0 Å². The van der Waals surface area contributed by atoms with Crippen LogP contribution in [0, 0.1) is 5.41 Å². The molecular formula is C21H33N2O4+. The molecule has 0 spiro atoms. The summed E-state index contributed by atoms with van der Waals surface area (Å²) in [6.45, 7) is 9.25. The van der Waals surface area contributed by atoms with Gasteiger partial charge in [0.25, 0.3) is 0 Å². The normalized spacial score (nSPS) is 27.0. The summed E-state index contributed by atoms with van der Waals surface area (Å²) in [7, 11) is 0. The number of amides is 1. The van der Waals surface area contributed by atoms with Crippen molar-refractivity contribution in [2.75, 3.05) is 26.2 Å². The van der Waals surface area contributed by atoms with Gasteiger partial charge in [0.15, 0.2) is 0 Å². The number of ether oxygens (including phenoxy) is 1. The number of nitrogens with zero attached hydrogens (tertiary/aromatic N) is 1. The zero-order valence-corrected chi connectivity index (χ0v) is 16.9. The van der Waals surface area contributed by atoms with E-state index in [0.29, 0.717) is 32.5 Å². The van der Waals surface area contributed by atoms with Gasteiger partial charge < -0.3 is 15.6 Å². The predicted molar refractivity (Wildman–Crippen MR) is 104 cm³/mol. The lowest BCUT2D eigenvalue weighted by atomic mass is 9.65. The number of benzene rings is 1. The van der Waals surface area contributed by atoms with Crippen LogP contribution in [0.15, 0.2) is 30.3 Å². The van der Waals surface area contributed by atoms with E-state index in [-0.39, 0.29) is 28.6 Å². The summed E-state index contributed by atoms with van der Waals surface area (Å²) in [5, 5.41) is 10.2. The van der Waals surface area contributed by atoms with Crippen LogP contribution in [0.4, 0.5) is 4.79 Å². The van der Waals surface area contributed by atoms with E-state index in [2.05, 4.69) is 0 Å². The van der Waals surface area contributed by atoms with E-state index >= 15 is 0 Å². The molecule has 27 heavy (non-hydrogen) atoms. The second kappa shape index (κ2) is 7.98. The zero-order valence-electron chi connectivity index (χ0n) is 16.9. The molecule has 1 amide bonds. The van der Waals surface area contributed by atoms with Crippen molar-refractivity contribution >= 4 is 12.1 Å². The molecule has 0 saturated carbocycles. The predicted octanol–water partition coefficient (Wildman–Crippen LogP) is 3.37. The number of carboxylic acids is 1. The number of quaternary nitrogens is 1. The molecular weight excluding hydrogens is 344 g/mol. The van der Waals surface area contributed by atoms with Gasteiger partial charge in [-0.05, 0) is 33.3 Å². The van der Waals surface area contributed by atoms with Gasteiger partial charge in [-0.2, -0.15) is 4.79 Å². The monoisotopic (exact) mass is 377 g/mol. The maximum absolute atomic E-state index is 12.8. The molecule has 1 heterocycles. The molecule has 3 N–H and O–H groups in total. The third kappa shape index (κ3) is 3.73. The first-order chi connectivity index (χ1) is 12.6. The fraction of sp³-hybridized carbons (Fsp3) is 0.619. The molecule has 1 aromatic carbocycles. The molecule has 1 aromatic rings. The van der Waals surface area contributed by atoms with E-state index in [1.54, 1.807) is 6.92 Å². The SMILES string of the molecule is CCOC(=O)[N+]1(C(C)(C)C)CCC(C(=O)O)(C(CN)c2ccccc2)CC1. The molecule has 0 radical (unpaired) electrons. The summed E-state index contributed by atoms with van der Waals surface area (Å²) >= 11 is 0. The molecule has 6 heteroatoms. The molecule has 150 valence electrons. The number of carbonyl (C=O) groups is 2. The molecule has 1 atom stereocenters. The van der Waals surface area contributed by atoms with Gasteiger partial charge in [-0.25, -0.2) is 4.48 Å². The number of rotatable bonds is 5. The number of carbonyl (C=O) groups excluding carboxylic acids is 1. The minimum absolute atomic E-state index is 0.141. The Morgan fingerprint density at radius 3 is 2.19 bits per heavy atom. The summed E-state index contributed by atoms with van der Waals surface area (Å²) in [4.78, 5) is 25.3. The van der Waals surface area contributed by atoms with Crippen LogP contribution < -0.4 is 5.73 Å². The van der Waals surface area contributed by atoms with Crippen molar-refractivity contribution in [1.29, 1.82) is 0 Å². The lowest BCUT2D eigenvalue weighted by molar-refractivity contribution is -0.910. The fourth-order valence-corrected chi connectivity index (χ4v) is 4.47. The van der Waals surface area contributed by atoms with E-state index in [0.717, 1.165) is 5.56 Å². The highest BCUT2D eigenvalue weighted by atomic mass is 16.6. The van der Waals surface area contributed by atoms with E-state index in [1.807, 2.05) is 51.1 Å². The van der Waals surface area contributed by atoms with Crippen LogP contribution in [0.5, 0.6) is 0 Å². The van der Waals surface area contributed by atoms with Gasteiger partial charge in [-0.15, -0.1) is 0 Å². The molecule has 1 saturated heterocycles. The lowest BCUT2D eigenvalue weighted by Gasteiger charge is -2.52. The third-order valence-corrected chi connectivity index (χ3v) is 6.31. The number of hydrogen-bond donors (Lipinski definition) is 2. The Bertz CT molecular complexity index is 659. The van der Waals surface area contributed by atoms with Crippen molar-refractivity contribution in [3.8, 4) is 0 Å². The highest BCUT2D eigenvalue weighted by Gasteiger charge is 2.58. The second-order valence-electron chi connectivity index (χ2n) is 8.45. The Morgan fingerprint density at radius 1 is 1.22 bits per heavy atom. The Labute approximate surface area is 161 Å². The summed E-state index contributed by atoms with van der Waals surface area (Å²) in [5.74, 6) is -1.13. The Balaban J connectivity index is 2.41. The Hall–Kier alpha value is -1.92. The maximum atomic E-state index is 12.8. The van der Waals surface area contributed by atoms with Crippen molar-refractivity contribution in [2.24, 2.45) is 11.1 Å². The van der Waals surface area contributed by atoms with Gasteiger partial charge in [-0.1, -0.05) is 30.3 Å². The maximum Gasteiger partial charge on any atom is 0.516 e. The van der Waals surface area contributed by atoms with Gasteiger partial charge in [0, 0.05) is 25.3 Å². The average Bonchev–Trinajstić information content (AvgIpc) is 2.62. The average molecular weight is 378 g/mol. The van der Waals surface area contributed by atoms with Crippen LogP contribution in [-0.4, -0.2) is 53.4 Å². The molecule has 2 rings (SSSR count). The highest BCUT2D eigenvalue weighted by molar-refractivity contribution is 5.76. The zero-order chi connectivity index (χ0) is 20.3. The third-order valence-electron chi connectivity index (χ3n) is 6.31. The molecule has 0 bridgehead atoms. The molecule has 6 nitrogen and oxygen atoms in total. The Morgan fingerprint density at radius 2 is 1.78 bits per heavy atom. The minimum Gasteiger partial charge on any atom is -0.481 e. The Kier molecular flexibility index (Phi) is 6.32. The summed E-state index contributed by atoms with van der Waals surface area (Å²) < 4.78 is 5.51. The minimum atomic E-state index is -0.977. The van der Waals surface area contributed by atoms with Gasteiger partial charge in [0.05, 0.1) is 25.1 Å². The quantitative estimate of drug-likeness (QED) is 0.768. The molecule has 0 aliphatic carbocycles. The van der Waals surface area contributed by atoms with Crippen molar-refractivity contribution in [3.05, 3.63) is 35.9 Å². The van der Waals surface area contributed by atoms with Crippen LogP contribution in [-0.2, 0) is 9.53 Å². The molecule has 1 unspecified atom stereocenters. The number of piperidine rings is 1. The second-order valence-corrected chi connectivity index (χ2v) is 8.45. The van der Waals surface area contributed by atoms with Gasteiger partial charge in [0.1, 0.15) is 5.54 Å². The van der Waals surface area contributed by atoms with Gasteiger partial charge >= 0.3 is 12.1 Å². The van der Waals surface area contributed by atoms with Crippen LogP contribution in [0.1, 0.15) is 52.0 Å². The number of likely N-dealkylation sites (tertiary alicyclic amines) is 1. The fourth-order valence-electron chi connectivity index (χ4n) is 4.47. The first-order valence-corrected chi connectivity index (χ1v) is 9.67. The lowest BCUT2D eigenvalue weighted by Crippen LogP contribution is -2.69. The van der Waals surface area contributed by atoms with E-state index in [4.69, 9.17) is 10.5 Å². The molecule has 0 aromatic heterocycles. The molecule has 1 aliphatic rings. The van der Waals surface area contributed by atoms with E-state index < -0.39 is 11.4 Å². The van der Waals surface area contributed by atoms with Gasteiger partial charge in [-0.3, -0.25) is 4.79 Å². The summed E-state index contributed by atoms with van der Waals surface area (Å²) in [6, 6.07) is 9.60. The largest absolute Gasteiger partial charge is 0.516 e. The molecule has 1 aliphatic heterocycles. The number of carboxylic acid groups (broad SMARTS) is 1. The van der Waals surface area contributed by atoms with Gasteiger partial charge in [0.2, 0.25) is 0 Å². The smallest absolute Gasteiger partial charge is 0.481 e. The van der Waals surface area contributed by atoms with Crippen LogP contribution in [0.3, 0.4) is 0 Å². The van der Waals surface area contributed by atoms with Crippen molar-refractivity contribution in [2.45, 2.75) is 52.0 Å². The van der Waals surface area contributed by atoms with Crippen molar-refractivity contribution in [1.82, 2.24) is 0 Å². The van der Waals surface area contributed by atoms with E-state index in [1.165, 1.54) is 0 Å².